The number of aliphatic hydroxyl groups is 5. The third kappa shape index (κ3) is 56.0. The molecule has 0 bridgehead atoms. The number of unbranched alkanes of at least 4 members (excludes halogenated alkanes) is 50. The van der Waals surface area contributed by atoms with Gasteiger partial charge in [0.2, 0.25) is 5.91 Å². The van der Waals surface area contributed by atoms with Gasteiger partial charge in [-0.3, -0.25) is 9.59 Å². The molecule has 1 aliphatic rings. The predicted molar refractivity (Wildman–Crippen MR) is 380 cm³/mol. The van der Waals surface area contributed by atoms with Crippen molar-refractivity contribution < 1.29 is 49.3 Å². The molecule has 7 unspecified atom stereocenters. The molecule has 0 radical (unpaired) electrons. The van der Waals surface area contributed by atoms with E-state index >= 15 is 0 Å². The molecule has 11 heteroatoms. The van der Waals surface area contributed by atoms with E-state index in [1.807, 2.05) is 19.1 Å². The van der Waals surface area contributed by atoms with Gasteiger partial charge in [-0.2, -0.15) is 0 Å². The van der Waals surface area contributed by atoms with E-state index in [-0.39, 0.29) is 18.5 Å². The van der Waals surface area contributed by atoms with Gasteiger partial charge in [-0.15, -0.1) is 0 Å². The van der Waals surface area contributed by atoms with E-state index in [0.717, 1.165) is 57.8 Å². The van der Waals surface area contributed by atoms with E-state index < -0.39 is 49.5 Å². The largest absolute Gasteiger partial charge is 0.466 e. The highest BCUT2D eigenvalue weighted by molar-refractivity contribution is 5.76. The van der Waals surface area contributed by atoms with Crippen molar-refractivity contribution in [1.29, 1.82) is 0 Å². The van der Waals surface area contributed by atoms with Gasteiger partial charge in [-0.25, -0.2) is 0 Å². The minimum absolute atomic E-state index is 0.0191. The van der Waals surface area contributed by atoms with Crippen LogP contribution in [0, 0.1) is 0 Å². The van der Waals surface area contributed by atoms with Crippen LogP contribution in [0.4, 0.5) is 0 Å². The summed E-state index contributed by atoms with van der Waals surface area (Å²) in [6.45, 7) is 4.13. The summed E-state index contributed by atoms with van der Waals surface area (Å²) in [7, 11) is 0. The van der Waals surface area contributed by atoms with Gasteiger partial charge >= 0.3 is 5.97 Å². The maximum Gasteiger partial charge on any atom is 0.305 e. The van der Waals surface area contributed by atoms with E-state index in [2.05, 4.69) is 42.6 Å². The van der Waals surface area contributed by atoms with Gasteiger partial charge in [0.15, 0.2) is 6.29 Å². The van der Waals surface area contributed by atoms with Crippen LogP contribution in [-0.2, 0) is 23.8 Å². The minimum atomic E-state index is -1.58. The first-order valence-corrected chi connectivity index (χ1v) is 38.9. The fourth-order valence-corrected chi connectivity index (χ4v) is 12.4. The summed E-state index contributed by atoms with van der Waals surface area (Å²) in [5.41, 5.74) is 0. The average Bonchev–Trinajstić information content (AvgIpc) is 0.983. The van der Waals surface area contributed by atoms with Gasteiger partial charge in [-0.1, -0.05) is 338 Å². The van der Waals surface area contributed by atoms with Crippen LogP contribution in [-0.4, -0.2) is 100 Å². The highest BCUT2D eigenvalue weighted by Crippen LogP contribution is 2.24. The summed E-state index contributed by atoms with van der Waals surface area (Å²) < 4.78 is 16.7. The molecule has 0 aromatic rings. The molecule has 6 N–H and O–H groups in total. The van der Waals surface area contributed by atoms with Gasteiger partial charge in [-0.05, 0) is 77.6 Å². The first-order chi connectivity index (χ1) is 44.2. The van der Waals surface area contributed by atoms with Gasteiger partial charge in [0, 0.05) is 12.8 Å². The number of carbonyl (C=O) groups excluding carboxylic acids is 2. The van der Waals surface area contributed by atoms with Crippen LogP contribution in [0.1, 0.15) is 380 Å². The Kier molecular flexibility index (Phi) is 64.7. The van der Waals surface area contributed by atoms with E-state index in [4.69, 9.17) is 14.2 Å². The molecule has 11 nitrogen and oxygen atoms in total. The summed E-state index contributed by atoms with van der Waals surface area (Å²) in [5, 5.41) is 54.3. The molecule has 7 atom stereocenters. The predicted octanol–water partition coefficient (Wildman–Crippen LogP) is 20.7. The van der Waals surface area contributed by atoms with Crippen molar-refractivity contribution >= 4 is 11.9 Å². The third-order valence-electron chi connectivity index (χ3n) is 18.5. The summed E-state index contributed by atoms with van der Waals surface area (Å²) in [5.74, 6) is -0.175. The number of ether oxygens (including phenoxy) is 3. The van der Waals surface area contributed by atoms with E-state index in [1.54, 1.807) is 6.08 Å². The Bertz CT molecular complexity index is 1630. The van der Waals surface area contributed by atoms with Gasteiger partial charge in [0.25, 0.3) is 0 Å². The number of aliphatic hydroxyl groups excluding tert-OH is 5. The van der Waals surface area contributed by atoms with Crippen LogP contribution in [0.25, 0.3) is 0 Å². The minimum Gasteiger partial charge on any atom is -0.466 e. The molecule has 0 aromatic carbocycles. The molecule has 1 rings (SSSR count). The number of allylic oxidation sites excluding steroid dienone is 7. The Morgan fingerprint density at radius 1 is 0.422 bits per heavy atom. The van der Waals surface area contributed by atoms with E-state index in [9.17, 15) is 35.1 Å². The molecule has 0 spiro atoms. The fourth-order valence-electron chi connectivity index (χ4n) is 12.4. The molecule has 528 valence electrons. The van der Waals surface area contributed by atoms with Crippen molar-refractivity contribution in [2.75, 3.05) is 19.8 Å². The van der Waals surface area contributed by atoms with E-state index in [0.29, 0.717) is 19.4 Å². The highest BCUT2D eigenvalue weighted by atomic mass is 16.7. The zero-order valence-electron chi connectivity index (χ0n) is 58.9. The zero-order chi connectivity index (χ0) is 65.1. The molecule has 1 amide bonds. The summed E-state index contributed by atoms with van der Waals surface area (Å²) in [6, 6.07) is -0.830. The smallest absolute Gasteiger partial charge is 0.305 e. The van der Waals surface area contributed by atoms with Crippen molar-refractivity contribution in [3.8, 4) is 0 Å². The summed E-state index contributed by atoms with van der Waals surface area (Å²) in [4.78, 5) is 25.1. The Morgan fingerprint density at radius 2 is 0.767 bits per heavy atom. The Balaban J connectivity index is 1.85. The monoisotopic (exact) mass is 1270 g/mol. The van der Waals surface area contributed by atoms with Crippen LogP contribution in [0.15, 0.2) is 48.6 Å². The molecule has 0 aromatic heterocycles. The van der Waals surface area contributed by atoms with Crippen LogP contribution in [0.5, 0.6) is 0 Å². The SMILES string of the molecule is C/C=C/CC/C=C/CC/C=C/C(O)C(COC1OC(CO)C(O)C(O)C1O)NC(=O)CCCCCCCCCCCCCCCCCCC/C=C\CCCCCCCCCCCCCCCCCCCCOC(=O)CCCCCCCCCCCCCCCC. The summed E-state index contributed by atoms with van der Waals surface area (Å²) >= 11 is 0. The number of hydrogen-bond acceptors (Lipinski definition) is 10. The molecule has 0 saturated carbocycles. The number of amides is 1. The quantitative estimate of drug-likeness (QED) is 0.0195. The number of nitrogens with one attached hydrogen (secondary N) is 1. The van der Waals surface area contributed by atoms with E-state index in [1.165, 1.54) is 295 Å². The molecule has 0 aliphatic carbocycles. The topological polar surface area (TPSA) is 175 Å². The third-order valence-corrected chi connectivity index (χ3v) is 18.5. The van der Waals surface area contributed by atoms with Crippen LogP contribution in [0.3, 0.4) is 0 Å². The van der Waals surface area contributed by atoms with Crippen LogP contribution >= 0.6 is 0 Å². The molecular formula is C79H147NO10. The molecule has 1 heterocycles. The Hall–Kier alpha value is -2.38. The lowest BCUT2D eigenvalue weighted by Gasteiger charge is -2.40. The van der Waals surface area contributed by atoms with Crippen molar-refractivity contribution in [1.82, 2.24) is 5.32 Å². The normalized spacial score (nSPS) is 17.9. The molecular weight excluding hydrogens is 1120 g/mol. The van der Waals surface area contributed by atoms with Gasteiger partial charge < -0.3 is 45.1 Å². The number of esters is 1. The van der Waals surface area contributed by atoms with Crippen LogP contribution in [0.2, 0.25) is 0 Å². The second-order valence-electron chi connectivity index (χ2n) is 27.1. The lowest BCUT2D eigenvalue weighted by Crippen LogP contribution is -2.60. The first kappa shape index (κ1) is 85.6. The molecule has 1 fully saturated rings. The second kappa shape index (κ2) is 68.0. The molecule has 1 saturated heterocycles. The van der Waals surface area contributed by atoms with Crippen LogP contribution < -0.4 is 5.32 Å². The van der Waals surface area contributed by atoms with Crippen molar-refractivity contribution in [3.63, 3.8) is 0 Å². The lowest BCUT2D eigenvalue weighted by atomic mass is 9.99. The standard InChI is InChI=1S/C79H147NO10/c1-3-5-7-9-11-13-14-15-44-47-51-55-59-63-67-75(84)88-68-64-60-56-52-48-45-42-40-38-36-34-32-30-28-26-24-22-20-18-16-17-19-21-23-25-27-29-31-33-35-37-39-41-43-46-50-54-58-62-66-74(83)80-71(72(82)65-61-57-53-49-12-10-8-6-4-2)70-89-79-78(87)77(86)76(85)73(69-81)90-79/h4,6,12,16-17,49,61,65,71-73,76-79,81-82,85-87H,3,5,7-11,13-15,18-48,50-60,62-64,66-70H2,1-2H3,(H,80,83)/b6-4+,17-16-,49-12+,65-61+. The highest BCUT2D eigenvalue weighted by Gasteiger charge is 2.44. The Labute approximate surface area is 555 Å². The molecule has 90 heavy (non-hydrogen) atoms. The number of rotatable bonds is 69. The summed E-state index contributed by atoms with van der Waals surface area (Å²) in [6.07, 6.45) is 80.5. The number of hydrogen-bond donors (Lipinski definition) is 6. The maximum absolute atomic E-state index is 13.0. The maximum atomic E-state index is 13.0. The van der Waals surface area contributed by atoms with Gasteiger partial charge in [0.1, 0.15) is 24.4 Å². The fraction of sp³-hybridized carbons (Fsp3) is 0.873. The average molecular weight is 1270 g/mol. The zero-order valence-corrected chi connectivity index (χ0v) is 58.9. The van der Waals surface area contributed by atoms with Gasteiger partial charge in [0.05, 0.1) is 32.0 Å². The first-order valence-electron chi connectivity index (χ1n) is 38.9. The van der Waals surface area contributed by atoms with Crippen molar-refractivity contribution in [2.45, 2.75) is 423 Å². The second-order valence-corrected chi connectivity index (χ2v) is 27.1. The number of carbonyl (C=O) groups is 2. The molecule has 1 aliphatic heterocycles. The Morgan fingerprint density at radius 3 is 1.17 bits per heavy atom. The lowest BCUT2D eigenvalue weighted by molar-refractivity contribution is -0.302. The van der Waals surface area contributed by atoms with Crippen molar-refractivity contribution in [2.24, 2.45) is 0 Å². The van der Waals surface area contributed by atoms with Crippen molar-refractivity contribution in [3.05, 3.63) is 48.6 Å².